The molecule has 2 rings (SSSR count). The van der Waals surface area contributed by atoms with Crippen LogP contribution in [-0.2, 0) is 11.2 Å². The van der Waals surface area contributed by atoms with Gasteiger partial charge in [0.05, 0.1) is 20.1 Å². The zero-order valence-corrected chi connectivity index (χ0v) is 9.53. The Kier molecular flexibility index (Phi) is 2.50. The summed E-state index contributed by atoms with van der Waals surface area (Å²) in [4.78, 5) is 10.9. The van der Waals surface area contributed by atoms with E-state index in [4.69, 9.17) is 14.6 Å². The van der Waals surface area contributed by atoms with Crippen LogP contribution in [-0.4, -0.2) is 25.3 Å². The van der Waals surface area contributed by atoms with Crippen LogP contribution >= 0.6 is 0 Å². The fourth-order valence-corrected chi connectivity index (χ4v) is 2.22. The molecule has 0 radical (unpaired) electrons. The lowest BCUT2D eigenvalue weighted by molar-refractivity contribution is -0.139. The molecule has 0 heterocycles. The number of methoxy groups -OCH3 is 2. The van der Waals surface area contributed by atoms with Crippen molar-refractivity contribution >= 4 is 5.97 Å². The second-order valence-electron chi connectivity index (χ2n) is 3.90. The van der Waals surface area contributed by atoms with E-state index in [1.165, 1.54) is 0 Å². The Bertz CT molecular complexity index is 451. The van der Waals surface area contributed by atoms with Gasteiger partial charge in [-0.05, 0) is 36.1 Å². The molecule has 1 unspecified atom stereocenters. The molecule has 0 saturated heterocycles. The first kappa shape index (κ1) is 10.8. The Hall–Kier alpha value is -1.71. The SMILES string of the molecule is COc1cc2c(c(C)c1OC)CC2C(=O)O. The van der Waals surface area contributed by atoms with Crippen molar-refractivity contribution in [2.75, 3.05) is 14.2 Å². The van der Waals surface area contributed by atoms with E-state index in [1.54, 1.807) is 20.3 Å². The summed E-state index contributed by atoms with van der Waals surface area (Å²) in [6.07, 6.45) is 0.580. The number of hydrogen-bond donors (Lipinski definition) is 1. The van der Waals surface area contributed by atoms with Crippen molar-refractivity contribution in [3.8, 4) is 11.5 Å². The second-order valence-corrected chi connectivity index (χ2v) is 3.90. The van der Waals surface area contributed by atoms with Crippen molar-refractivity contribution < 1.29 is 19.4 Å². The second kappa shape index (κ2) is 3.70. The van der Waals surface area contributed by atoms with E-state index in [1.807, 2.05) is 6.92 Å². The van der Waals surface area contributed by atoms with Gasteiger partial charge < -0.3 is 14.6 Å². The van der Waals surface area contributed by atoms with Crippen molar-refractivity contribution in [2.24, 2.45) is 0 Å². The summed E-state index contributed by atoms with van der Waals surface area (Å²) < 4.78 is 10.5. The normalized spacial score (nSPS) is 17.3. The third-order valence-electron chi connectivity index (χ3n) is 3.16. The first-order valence-corrected chi connectivity index (χ1v) is 5.07. The minimum atomic E-state index is -0.779. The molecule has 0 amide bonds. The van der Waals surface area contributed by atoms with Gasteiger partial charge in [0.1, 0.15) is 0 Å². The Morgan fingerprint density at radius 1 is 1.44 bits per heavy atom. The maximum Gasteiger partial charge on any atom is 0.311 e. The third-order valence-corrected chi connectivity index (χ3v) is 3.16. The monoisotopic (exact) mass is 222 g/mol. The van der Waals surface area contributed by atoms with Gasteiger partial charge in [-0.1, -0.05) is 0 Å². The highest BCUT2D eigenvalue weighted by Gasteiger charge is 2.35. The Labute approximate surface area is 93.8 Å². The molecular formula is C12H14O4. The smallest absolute Gasteiger partial charge is 0.311 e. The van der Waals surface area contributed by atoms with Gasteiger partial charge in [0, 0.05) is 0 Å². The molecule has 0 fully saturated rings. The maximum absolute atomic E-state index is 10.9. The Morgan fingerprint density at radius 3 is 2.62 bits per heavy atom. The van der Waals surface area contributed by atoms with E-state index in [2.05, 4.69) is 0 Å². The van der Waals surface area contributed by atoms with Crippen LogP contribution in [0.2, 0.25) is 0 Å². The lowest BCUT2D eigenvalue weighted by atomic mass is 9.75. The molecular weight excluding hydrogens is 208 g/mol. The number of fused-ring (bicyclic) bond motifs is 1. The van der Waals surface area contributed by atoms with Gasteiger partial charge in [0.15, 0.2) is 11.5 Å². The quantitative estimate of drug-likeness (QED) is 0.846. The summed E-state index contributed by atoms with van der Waals surface area (Å²) in [7, 11) is 3.14. The van der Waals surface area contributed by atoms with Gasteiger partial charge in [-0.2, -0.15) is 0 Å². The summed E-state index contributed by atoms with van der Waals surface area (Å²) in [6.45, 7) is 1.93. The summed E-state index contributed by atoms with van der Waals surface area (Å²) in [5.74, 6) is 0.127. The van der Waals surface area contributed by atoms with Crippen LogP contribution in [0.15, 0.2) is 6.07 Å². The Morgan fingerprint density at radius 2 is 2.12 bits per heavy atom. The summed E-state index contributed by atoms with van der Waals surface area (Å²) in [5.41, 5.74) is 2.90. The van der Waals surface area contributed by atoms with Gasteiger partial charge in [0.2, 0.25) is 0 Å². The van der Waals surface area contributed by atoms with Crippen LogP contribution in [0.25, 0.3) is 0 Å². The summed E-state index contributed by atoms with van der Waals surface area (Å²) in [6, 6.07) is 1.77. The van der Waals surface area contributed by atoms with Crippen molar-refractivity contribution in [3.63, 3.8) is 0 Å². The first-order valence-electron chi connectivity index (χ1n) is 5.07. The van der Waals surface area contributed by atoms with Gasteiger partial charge in [-0.15, -0.1) is 0 Å². The average molecular weight is 222 g/mol. The molecule has 86 valence electrons. The standard InChI is InChI=1S/C12H14O4/c1-6-7-4-9(12(13)14)8(7)5-10(15-2)11(6)16-3/h5,9H,4H2,1-3H3,(H,13,14). The van der Waals surface area contributed by atoms with Gasteiger partial charge in [-0.25, -0.2) is 0 Å². The van der Waals surface area contributed by atoms with Crippen LogP contribution in [0.1, 0.15) is 22.6 Å². The van der Waals surface area contributed by atoms with E-state index in [0.717, 1.165) is 16.7 Å². The molecule has 1 atom stereocenters. The molecule has 4 heteroatoms. The van der Waals surface area contributed by atoms with Crippen molar-refractivity contribution in [1.29, 1.82) is 0 Å². The van der Waals surface area contributed by atoms with E-state index in [0.29, 0.717) is 17.9 Å². The van der Waals surface area contributed by atoms with Crippen molar-refractivity contribution in [3.05, 3.63) is 22.8 Å². The molecule has 16 heavy (non-hydrogen) atoms. The number of carboxylic acids is 1. The highest BCUT2D eigenvalue weighted by molar-refractivity contribution is 5.82. The number of ether oxygens (including phenoxy) is 2. The number of benzene rings is 1. The molecule has 1 N–H and O–H groups in total. The lowest BCUT2D eigenvalue weighted by Gasteiger charge is -2.30. The zero-order chi connectivity index (χ0) is 11.9. The van der Waals surface area contributed by atoms with Crippen molar-refractivity contribution in [2.45, 2.75) is 19.3 Å². The molecule has 0 aromatic heterocycles. The third kappa shape index (κ3) is 1.33. The lowest BCUT2D eigenvalue weighted by Crippen LogP contribution is -2.26. The van der Waals surface area contributed by atoms with Crippen LogP contribution < -0.4 is 9.47 Å². The number of carbonyl (C=O) groups is 1. The maximum atomic E-state index is 10.9. The number of hydrogen-bond acceptors (Lipinski definition) is 3. The van der Waals surface area contributed by atoms with E-state index >= 15 is 0 Å². The fraction of sp³-hybridized carbons (Fsp3) is 0.417. The predicted molar refractivity (Wildman–Crippen MR) is 58.4 cm³/mol. The molecule has 0 aliphatic heterocycles. The van der Waals surface area contributed by atoms with Crippen LogP contribution in [0.5, 0.6) is 11.5 Å². The van der Waals surface area contributed by atoms with Gasteiger partial charge >= 0.3 is 5.97 Å². The van der Waals surface area contributed by atoms with Crippen LogP contribution in [0, 0.1) is 6.92 Å². The Balaban J connectivity index is 2.52. The average Bonchev–Trinajstić information content (AvgIpc) is 2.20. The number of rotatable bonds is 3. The van der Waals surface area contributed by atoms with E-state index in [9.17, 15) is 4.79 Å². The molecule has 1 aromatic rings. The molecule has 1 aliphatic carbocycles. The molecule has 0 bridgehead atoms. The predicted octanol–water partition coefficient (Wildman–Crippen LogP) is 1.74. The summed E-state index contributed by atoms with van der Waals surface area (Å²) >= 11 is 0. The first-order chi connectivity index (χ1) is 7.60. The number of aliphatic carboxylic acids is 1. The van der Waals surface area contributed by atoms with Gasteiger partial charge in [0.25, 0.3) is 0 Å². The molecule has 1 aromatic carbocycles. The molecule has 4 nitrogen and oxygen atoms in total. The van der Waals surface area contributed by atoms with E-state index < -0.39 is 11.9 Å². The highest BCUT2D eigenvalue weighted by atomic mass is 16.5. The molecule has 0 spiro atoms. The minimum Gasteiger partial charge on any atom is -0.493 e. The van der Waals surface area contributed by atoms with Gasteiger partial charge in [-0.3, -0.25) is 4.79 Å². The van der Waals surface area contributed by atoms with E-state index in [-0.39, 0.29) is 0 Å². The largest absolute Gasteiger partial charge is 0.493 e. The molecule has 1 aliphatic rings. The zero-order valence-electron chi connectivity index (χ0n) is 9.53. The number of carboxylic acid groups (broad SMARTS) is 1. The fourth-order valence-electron chi connectivity index (χ4n) is 2.22. The molecule has 0 saturated carbocycles. The minimum absolute atomic E-state index is 0.395. The van der Waals surface area contributed by atoms with Crippen LogP contribution in [0.4, 0.5) is 0 Å². The van der Waals surface area contributed by atoms with Crippen LogP contribution in [0.3, 0.4) is 0 Å². The summed E-state index contributed by atoms with van der Waals surface area (Å²) in [5, 5.41) is 8.99. The van der Waals surface area contributed by atoms with Crippen molar-refractivity contribution in [1.82, 2.24) is 0 Å². The highest BCUT2D eigenvalue weighted by Crippen LogP contribution is 2.45. The topological polar surface area (TPSA) is 55.8 Å².